The van der Waals surface area contributed by atoms with E-state index in [4.69, 9.17) is 9.15 Å². The van der Waals surface area contributed by atoms with Gasteiger partial charge in [-0.05, 0) is 69.0 Å². The number of nitrogens with zero attached hydrogens (tertiary/aromatic N) is 1. The number of anilines is 1. The van der Waals surface area contributed by atoms with Gasteiger partial charge in [-0.15, -0.1) is 0 Å². The van der Waals surface area contributed by atoms with Crippen LogP contribution in [0.4, 0.5) is 5.69 Å². The first-order chi connectivity index (χ1) is 17.3. The minimum Gasteiger partial charge on any atom is -0.468 e. The zero-order chi connectivity index (χ0) is 23.6. The largest absolute Gasteiger partial charge is 0.468 e. The van der Waals surface area contributed by atoms with Crippen molar-refractivity contribution in [3.05, 3.63) is 108 Å². The number of benzene rings is 2. The molecule has 1 fully saturated rings. The second kappa shape index (κ2) is 9.63. The van der Waals surface area contributed by atoms with E-state index in [-0.39, 0.29) is 6.04 Å². The van der Waals surface area contributed by atoms with Crippen molar-refractivity contribution in [1.82, 2.24) is 4.90 Å². The SMILES string of the molecule is CC(CC1CCCN1Cc1ccco1)=C1c2ccccc2Oc2c(NC3C=CC=CC3)cccc21. The quantitative estimate of drug-likeness (QED) is 0.319. The van der Waals surface area contributed by atoms with Crippen molar-refractivity contribution in [1.29, 1.82) is 0 Å². The molecular formula is C31H32N2O2. The van der Waals surface area contributed by atoms with Crippen LogP contribution in [0.2, 0.25) is 0 Å². The Morgan fingerprint density at radius 2 is 1.94 bits per heavy atom. The third kappa shape index (κ3) is 4.46. The molecule has 2 atom stereocenters. The summed E-state index contributed by atoms with van der Waals surface area (Å²) in [6.45, 7) is 4.31. The van der Waals surface area contributed by atoms with Gasteiger partial charge in [0.05, 0.1) is 18.5 Å². The number of nitrogens with one attached hydrogen (secondary N) is 1. The summed E-state index contributed by atoms with van der Waals surface area (Å²) in [4.78, 5) is 2.58. The standard InChI is InChI=1S/C31H32N2O2/c1-22(20-24-12-8-18-33(24)21-25-13-9-19-34-25)30-26-14-5-6-17-29(26)35-31-27(30)15-7-16-28(31)32-23-10-3-2-4-11-23/h2-7,9-10,13-17,19,23-24,32H,8,11-12,18,20-21H2,1H3. The second-order valence-corrected chi connectivity index (χ2v) is 9.79. The van der Waals surface area contributed by atoms with E-state index in [0.29, 0.717) is 6.04 Å². The monoisotopic (exact) mass is 464 g/mol. The molecule has 1 saturated heterocycles. The maximum absolute atomic E-state index is 6.53. The number of likely N-dealkylation sites (tertiary alicyclic amines) is 1. The third-order valence-electron chi connectivity index (χ3n) is 7.38. The molecule has 3 heterocycles. The van der Waals surface area contributed by atoms with Crippen LogP contribution in [-0.2, 0) is 6.54 Å². The van der Waals surface area contributed by atoms with Crippen LogP contribution in [0.3, 0.4) is 0 Å². The van der Waals surface area contributed by atoms with Crippen molar-refractivity contribution in [3.8, 4) is 11.5 Å². The van der Waals surface area contributed by atoms with Gasteiger partial charge in [0.15, 0.2) is 5.75 Å². The Labute approximate surface area is 207 Å². The fraction of sp³-hybridized carbons (Fsp3) is 0.290. The van der Waals surface area contributed by atoms with E-state index in [1.807, 2.05) is 6.07 Å². The predicted molar refractivity (Wildman–Crippen MR) is 142 cm³/mol. The van der Waals surface area contributed by atoms with E-state index >= 15 is 0 Å². The highest BCUT2D eigenvalue weighted by atomic mass is 16.5. The molecule has 2 unspecified atom stereocenters. The van der Waals surface area contributed by atoms with Crippen molar-refractivity contribution in [3.63, 3.8) is 0 Å². The number of ether oxygens (including phenoxy) is 1. The van der Waals surface area contributed by atoms with Gasteiger partial charge >= 0.3 is 0 Å². The van der Waals surface area contributed by atoms with Gasteiger partial charge in [0.2, 0.25) is 0 Å². The molecule has 1 N–H and O–H groups in total. The Morgan fingerprint density at radius 3 is 2.80 bits per heavy atom. The van der Waals surface area contributed by atoms with E-state index in [1.54, 1.807) is 6.26 Å². The van der Waals surface area contributed by atoms with Crippen LogP contribution in [0, 0.1) is 0 Å². The van der Waals surface area contributed by atoms with E-state index in [1.165, 1.54) is 35.1 Å². The summed E-state index contributed by atoms with van der Waals surface area (Å²) < 4.78 is 12.2. The normalized spacial score (nSPS) is 22.4. The lowest BCUT2D eigenvalue weighted by molar-refractivity contribution is 0.224. The van der Waals surface area contributed by atoms with Crippen molar-refractivity contribution in [2.75, 3.05) is 11.9 Å². The fourth-order valence-electron chi connectivity index (χ4n) is 5.71. The van der Waals surface area contributed by atoms with Gasteiger partial charge < -0.3 is 14.5 Å². The predicted octanol–water partition coefficient (Wildman–Crippen LogP) is 7.56. The van der Waals surface area contributed by atoms with Crippen LogP contribution in [-0.4, -0.2) is 23.5 Å². The van der Waals surface area contributed by atoms with Crippen LogP contribution in [0.25, 0.3) is 5.57 Å². The maximum Gasteiger partial charge on any atom is 0.158 e. The molecule has 0 amide bonds. The molecule has 3 aliphatic rings. The second-order valence-electron chi connectivity index (χ2n) is 9.79. The van der Waals surface area contributed by atoms with Gasteiger partial charge in [-0.3, -0.25) is 4.90 Å². The number of hydrogen-bond donors (Lipinski definition) is 1. The molecule has 4 heteroatoms. The minimum absolute atomic E-state index is 0.273. The molecule has 0 saturated carbocycles. The average Bonchev–Trinajstić information content (AvgIpc) is 3.56. The third-order valence-corrected chi connectivity index (χ3v) is 7.38. The lowest BCUT2D eigenvalue weighted by atomic mass is 9.87. The van der Waals surface area contributed by atoms with Crippen LogP contribution >= 0.6 is 0 Å². The van der Waals surface area contributed by atoms with Crippen molar-refractivity contribution >= 4 is 11.3 Å². The Morgan fingerprint density at radius 1 is 1.03 bits per heavy atom. The molecule has 2 aromatic carbocycles. The van der Waals surface area contributed by atoms with Crippen LogP contribution in [0.1, 0.15) is 49.5 Å². The molecule has 6 rings (SSSR count). The minimum atomic E-state index is 0.273. The molecular weight excluding hydrogens is 432 g/mol. The molecule has 2 aliphatic heterocycles. The van der Waals surface area contributed by atoms with E-state index in [2.05, 4.69) is 90.0 Å². The summed E-state index contributed by atoms with van der Waals surface area (Å²) in [5, 5.41) is 3.70. The van der Waals surface area contributed by atoms with Gasteiger partial charge in [-0.25, -0.2) is 0 Å². The lowest BCUT2D eigenvalue weighted by Gasteiger charge is -2.29. The molecule has 3 aromatic rings. The molecule has 1 aliphatic carbocycles. The van der Waals surface area contributed by atoms with E-state index < -0.39 is 0 Å². The molecule has 35 heavy (non-hydrogen) atoms. The number of fused-ring (bicyclic) bond motifs is 2. The summed E-state index contributed by atoms with van der Waals surface area (Å²) in [5.74, 6) is 2.91. The van der Waals surface area contributed by atoms with Gasteiger partial charge in [0.25, 0.3) is 0 Å². The van der Waals surface area contributed by atoms with Gasteiger partial charge in [-0.2, -0.15) is 0 Å². The highest BCUT2D eigenvalue weighted by molar-refractivity contribution is 5.92. The summed E-state index contributed by atoms with van der Waals surface area (Å²) in [6.07, 6.45) is 14.9. The number of para-hydroxylation sites is 2. The molecule has 0 bridgehead atoms. The van der Waals surface area contributed by atoms with Gasteiger partial charge in [0.1, 0.15) is 11.5 Å². The summed E-state index contributed by atoms with van der Waals surface area (Å²) in [7, 11) is 0. The molecule has 0 spiro atoms. The molecule has 178 valence electrons. The van der Waals surface area contributed by atoms with Gasteiger partial charge in [-0.1, -0.05) is 60.2 Å². The highest BCUT2D eigenvalue weighted by Crippen LogP contribution is 2.49. The molecule has 1 aromatic heterocycles. The Kier molecular flexibility index (Phi) is 6.05. The average molecular weight is 465 g/mol. The lowest BCUT2D eigenvalue weighted by Crippen LogP contribution is -2.29. The van der Waals surface area contributed by atoms with E-state index in [0.717, 1.165) is 48.9 Å². The number of furan rings is 1. The fourth-order valence-corrected chi connectivity index (χ4v) is 5.71. The summed E-state index contributed by atoms with van der Waals surface area (Å²) in [6, 6.07) is 19.8. The Balaban J connectivity index is 1.35. The zero-order valence-corrected chi connectivity index (χ0v) is 20.2. The Hall–Kier alpha value is -3.50. The number of rotatable bonds is 6. The first-order valence-corrected chi connectivity index (χ1v) is 12.7. The molecule has 4 nitrogen and oxygen atoms in total. The number of hydrogen-bond acceptors (Lipinski definition) is 4. The molecule has 0 radical (unpaired) electrons. The maximum atomic E-state index is 6.53. The van der Waals surface area contributed by atoms with Gasteiger partial charge in [0, 0.05) is 23.2 Å². The zero-order valence-electron chi connectivity index (χ0n) is 20.2. The smallest absolute Gasteiger partial charge is 0.158 e. The van der Waals surface area contributed by atoms with E-state index in [9.17, 15) is 0 Å². The summed E-state index contributed by atoms with van der Waals surface area (Å²) >= 11 is 0. The first-order valence-electron chi connectivity index (χ1n) is 12.7. The van der Waals surface area contributed by atoms with Crippen molar-refractivity contribution in [2.45, 2.75) is 51.2 Å². The van der Waals surface area contributed by atoms with Crippen LogP contribution in [0.15, 0.2) is 95.2 Å². The summed E-state index contributed by atoms with van der Waals surface area (Å²) in [5.41, 5.74) is 6.14. The van der Waals surface area contributed by atoms with Crippen molar-refractivity contribution < 1.29 is 9.15 Å². The first kappa shape index (κ1) is 22.0. The highest BCUT2D eigenvalue weighted by Gasteiger charge is 2.30. The van der Waals surface area contributed by atoms with Crippen molar-refractivity contribution in [2.24, 2.45) is 0 Å². The number of allylic oxidation sites excluding steroid dienone is 2. The topological polar surface area (TPSA) is 37.6 Å². The Bertz CT molecular complexity index is 1290. The van der Waals surface area contributed by atoms with Crippen LogP contribution in [0.5, 0.6) is 11.5 Å². The van der Waals surface area contributed by atoms with Crippen LogP contribution < -0.4 is 10.1 Å².